The van der Waals surface area contributed by atoms with Crippen molar-refractivity contribution in [2.45, 2.75) is 18.4 Å². The van der Waals surface area contributed by atoms with E-state index in [4.69, 9.17) is 4.74 Å². The fraction of sp³-hybridized carbons (Fsp3) is 0.312. The van der Waals surface area contributed by atoms with Crippen molar-refractivity contribution in [3.8, 4) is 5.75 Å². The topological polar surface area (TPSA) is 42.4 Å². The number of rotatable bonds is 4. The molecule has 3 heteroatoms. The minimum Gasteiger partial charge on any atom is -0.495 e. The van der Waals surface area contributed by atoms with Gasteiger partial charge in [-0.1, -0.05) is 30.3 Å². The van der Waals surface area contributed by atoms with Gasteiger partial charge in [-0.2, -0.15) is 0 Å². The van der Waals surface area contributed by atoms with Gasteiger partial charge in [-0.15, -0.1) is 0 Å². The van der Waals surface area contributed by atoms with Crippen LogP contribution in [0, 0.1) is 5.92 Å². The summed E-state index contributed by atoms with van der Waals surface area (Å²) in [6, 6.07) is 12.2. The third kappa shape index (κ3) is 2.34. The summed E-state index contributed by atoms with van der Waals surface area (Å²) in [6.07, 6.45) is 3.89. The maximum atomic E-state index is 10.5. The van der Waals surface area contributed by atoms with Crippen LogP contribution in [0.25, 0.3) is 0 Å². The number of aliphatic hydroxyl groups excluding tert-OH is 1. The summed E-state index contributed by atoms with van der Waals surface area (Å²) in [4.78, 5) is 4.02. The molecule has 1 aliphatic rings. The van der Waals surface area contributed by atoms with Gasteiger partial charge in [0.15, 0.2) is 0 Å². The molecule has 0 aliphatic heterocycles. The van der Waals surface area contributed by atoms with E-state index in [1.807, 2.05) is 24.3 Å². The minimum absolute atomic E-state index is 0.277. The molecule has 0 amide bonds. The summed E-state index contributed by atoms with van der Waals surface area (Å²) < 4.78 is 5.26. The summed E-state index contributed by atoms with van der Waals surface area (Å²) in [5.41, 5.74) is 2.14. The van der Waals surface area contributed by atoms with Crippen molar-refractivity contribution in [2.24, 2.45) is 5.92 Å². The highest BCUT2D eigenvalue weighted by molar-refractivity contribution is 5.35. The molecule has 1 N–H and O–H groups in total. The molecule has 3 atom stereocenters. The zero-order valence-electron chi connectivity index (χ0n) is 10.9. The van der Waals surface area contributed by atoms with Crippen molar-refractivity contribution in [1.29, 1.82) is 0 Å². The summed E-state index contributed by atoms with van der Waals surface area (Å²) in [5, 5.41) is 10.5. The third-order valence-corrected chi connectivity index (χ3v) is 3.83. The van der Waals surface area contributed by atoms with Crippen LogP contribution in [0.2, 0.25) is 0 Å². The lowest BCUT2D eigenvalue weighted by Gasteiger charge is -2.14. The van der Waals surface area contributed by atoms with E-state index in [1.54, 1.807) is 19.5 Å². The van der Waals surface area contributed by atoms with Crippen LogP contribution in [0.5, 0.6) is 5.75 Å². The number of benzene rings is 1. The first kappa shape index (κ1) is 12.2. The van der Waals surface area contributed by atoms with Crippen LogP contribution >= 0.6 is 0 Å². The van der Waals surface area contributed by atoms with Crippen LogP contribution in [0.15, 0.2) is 48.8 Å². The van der Waals surface area contributed by atoms with Gasteiger partial charge in [-0.3, -0.25) is 4.98 Å². The first-order valence-corrected chi connectivity index (χ1v) is 6.52. The molecule has 0 saturated heterocycles. The molecule has 0 radical (unpaired) electrons. The lowest BCUT2D eigenvalue weighted by atomic mass is 10.0. The van der Waals surface area contributed by atoms with Gasteiger partial charge in [0.2, 0.25) is 0 Å². The van der Waals surface area contributed by atoms with Gasteiger partial charge in [0.05, 0.1) is 19.4 Å². The highest BCUT2D eigenvalue weighted by Gasteiger charge is 2.44. The number of ether oxygens (including phenoxy) is 1. The van der Waals surface area contributed by atoms with Gasteiger partial charge in [0.25, 0.3) is 0 Å². The van der Waals surface area contributed by atoms with Gasteiger partial charge in [0.1, 0.15) is 5.75 Å². The average Bonchev–Trinajstić information content (AvgIpc) is 3.28. The Bertz CT molecular complexity index is 556. The molecule has 3 rings (SSSR count). The van der Waals surface area contributed by atoms with Crippen molar-refractivity contribution < 1.29 is 9.84 Å². The molecule has 3 unspecified atom stereocenters. The Morgan fingerprint density at radius 2 is 2.05 bits per heavy atom. The summed E-state index contributed by atoms with van der Waals surface area (Å²) >= 11 is 0. The Morgan fingerprint density at radius 1 is 1.26 bits per heavy atom. The second kappa shape index (κ2) is 5.02. The van der Waals surface area contributed by atoms with Gasteiger partial charge in [0, 0.05) is 11.8 Å². The van der Waals surface area contributed by atoms with Crippen molar-refractivity contribution >= 4 is 0 Å². The van der Waals surface area contributed by atoms with E-state index in [2.05, 4.69) is 17.1 Å². The molecule has 1 heterocycles. The Kier molecular flexibility index (Phi) is 3.22. The fourth-order valence-corrected chi connectivity index (χ4v) is 2.68. The van der Waals surface area contributed by atoms with Crippen LogP contribution in [-0.4, -0.2) is 17.2 Å². The SMILES string of the molecule is COc1cnccc1C(O)C1CC1c1ccccc1. The standard InChI is InChI=1S/C16H17NO2/c1-19-15-10-17-8-7-12(15)16(18)14-9-13(14)11-5-3-2-4-6-11/h2-8,10,13-14,16,18H,9H2,1H3. The van der Waals surface area contributed by atoms with E-state index in [0.29, 0.717) is 11.7 Å². The molecule has 0 bridgehead atoms. The maximum absolute atomic E-state index is 10.5. The second-order valence-corrected chi connectivity index (χ2v) is 4.98. The molecular weight excluding hydrogens is 238 g/mol. The Morgan fingerprint density at radius 3 is 2.79 bits per heavy atom. The largest absolute Gasteiger partial charge is 0.495 e. The molecule has 1 saturated carbocycles. The number of methoxy groups -OCH3 is 1. The predicted octanol–water partition coefficient (Wildman–Crippen LogP) is 2.93. The van der Waals surface area contributed by atoms with Crippen molar-refractivity contribution in [2.75, 3.05) is 7.11 Å². The van der Waals surface area contributed by atoms with Crippen LogP contribution < -0.4 is 4.74 Å². The number of hydrogen-bond donors (Lipinski definition) is 1. The first-order chi connectivity index (χ1) is 9.31. The number of aliphatic hydroxyl groups is 1. The van der Waals surface area contributed by atoms with Crippen molar-refractivity contribution in [1.82, 2.24) is 4.98 Å². The van der Waals surface area contributed by atoms with Crippen molar-refractivity contribution in [3.63, 3.8) is 0 Å². The molecule has 1 aromatic heterocycles. The van der Waals surface area contributed by atoms with E-state index in [-0.39, 0.29) is 5.92 Å². The smallest absolute Gasteiger partial charge is 0.142 e. The summed E-state index contributed by atoms with van der Waals surface area (Å²) in [5.74, 6) is 1.39. The van der Waals surface area contributed by atoms with E-state index in [9.17, 15) is 5.11 Å². The molecule has 98 valence electrons. The average molecular weight is 255 g/mol. The number of aromatic nitrogens is 1. The van der Waals surface area contributed by atoms with Gasteiger partial charge in [-0.05, 0) is 29.9 Å². The lowest BCUT2D eigenvalue weighted by Crippen LogP contribution is -2.04. The number of hydrogen-bond acceptors (Lipinski definition) is 3. The quantitative estimate of drug-likeness (QED) is 0.913. The van der Waals surface area contributed by atoms with Crippen LogP contribution in [0.4, 0.5) is 0 Å². The molecule has 1 aliphatic carbocycles. The van der Waals surface area contributed by atoms with Crippen LogP contribution in [0.3, 0.4) is 0 Å². The first-order valence-electron chi connectivity index (χ1n) is 6.52. The van der Waals surface area contributed by atoms with Crippen LogP contribution in [-0.2, 0) is 0 Å². The van der Waals surface area contributed by atoms with Gasteiger partial charge < -0.3 is 9.84 Å². The van der Waals surface area contributed by atoms with Crippen molar-refractivity contribution in [3.05, 3.63) is 59.9 Å². The lowest BCUT2D eigenvalue weighted by molar-refractivity contribution is 0.147. The Balaban J connectivity index is 1.78. The second-order valence-electron chi connectivity index (χ2n) is 4.98. The number of nitrogens with zero attached hydrogens (tertiary/aromatic N) is 1. The highest BCUT2D eigenvalue weighted by atomic mass is 16.5. The zero-order valence-corrected chi connectivity index (χ0v) is 10.9. The van der Waals surface area contributed by atoms with Gasteiger partial charge >= 0.3 is 0 Å². The molecule has 3 nitrogen and oxygen atoms in total. The maximum Gasteiger partial charge on any atom is 0.142 e. The summed E-state index contributed by atoms with van der Waals surface area (Å²) in [7, 11) is 1.61. The molecule has 0 spiro atoms. The van der Waals surface area contributed by atoms with E-state index < -0.39 is 6.10 Å². The molecule has 1 fully saturated rings. The Labute approximate surface area is 112 Å². The van der Waals surface area contributed by atoms with E-state index in [1.165, 1.54) is 5.56 Å². The highest BCUT2D eigenvalue weighted by Crippen LogP contribution is 2.54. The molecule has 2 aromatic rings. The fourth-order valence-electron chi connectivity index (χ4n) is 2.68. The predicted molar refractivity (Wildman–Crippen MR) is 73.0 cm³/mol. The normalized spacial score (nSPS) is 22.8. The Hall–Kier alpha value is -1.87. The number of pyridine rings is 1. The zero-order chi connectivity index (χ0) is 13.2. The minimum atomic E-state index is -0.483. The molecule has 1 aromatic carbocycles. The van der Waals surface area contributed by atoms with Gasteiger partial charge in [-0.25, -0.2) is 0 Å². The van der Waals surface area contributed by atoms with Crippen LogP contribution in [0.1, 0.15) is 29.6 Å². The molecule has 19 heavy (non-hydrogen) atoms. The summed E-state index contributed by atoms with van der Waals surface area (Å²) in [6.45, 7) is 0. The third-order valence-electron chi connectivity index (χ3n) is 3.83. The monoisotopic (exact) mass is 255 g/mol. The van der Waals surface area contributed by atoms with E-state index in [0.717, 1.165) is 12.0 Å². The van der Waals surface area contributed by atoms with E-state index >= 15 is 0 Å². The molecular formula is C16H17NO2.